The summed E-state index contributed by atoms with van der Waals surface area (Å²) in [6.07, 6.45) is 0.395. The Morgan fingerprint density at radius 1 is 1.21 bits per heavy atom. The molecular weight excluding hydrogens is 394 g/mol. The first-order valence-electron chi connectivity index (χ1n) is 9.87. The van der Waals surface area contributed by atoms with Crippen molar-refractivity contribution in [2.24, 2.45) is 10.9 Å². The van der Waals surface area contributed by atoms with Crippen LogP contribution in [0.5, 0.6) is 0 Å². The molecule has 1 amide bonds. The van der Waals surface area contributed by atoms with Gasteiger partial charge in [-0.25, -0.2) is 8.42 Å². The van der Waals surface area contributed by atoms with Crippen LogP contribution in [-0.4, -0.2) is 55.4 Å². The van der Waals surface area contributed by atoms with Crippen LogP contribution in [0, 0.1) is 5.92 Å². The van der Waals surface area contributed by atoms with E-state index >= 15 is 0 Å². The van der Waals surface area contributed by atoms with E-state index in [0.29, 0.717) is 11.6 Å². The lowest BCUT2D eigenvalue weighted by molar-refractivity contribution is -0.118. The van der Waals surface area contributed by atoms with Gasteiger partial charge in [-0.3, -0.25) is 4.79 Å². The number of nitrogens with zero attached hydrogens (tertiary/aromatic N) is 3. The molecule has 2 aliphatic rings. The average Bonchev–Trinajstić information content (AvgIpc) is 3.06. The van der Waals surface area contributed by atoms with Crippen molar-refractivity contribution in [2.75, 3.05) is 34.4 Å². The van der Waals surface area contributed by atoms with Crippen LogP contribution in [0.25, 0.3) is 0 Å². The minimum Gasteiger partial charge on any atom is -0.372 e. The van der Waals surface area contributed by atoms with Gasteiger partial charge in [0.25, 0.3) is 0 Å². The third-order valence-electron chi connectivity index (χ3n) is 5.13. The van der Waals surface area contributed by atoms with Crippen molar-refractivity contribution in [2.45, 2.75) is 45.4 Å². The van der Waals surface area contributed by atoms with Gasteiger partial charge in [-0.2, -0.15) is 4.99 Å². The number of amides is 1. The van der Waals surface area contributed by atoms with Gasteiger partial charge in [0, 0.05) is 36.1 Å². The van der Waals surface area contributed by atoms with Crippen LogP contribution in [-0.2, 0) is 14.6 Å². The first kappa shape index (κ1) is 21.2. The highest BCUT2D eigenvalue weighted by Crippen LogP contribution is 2.41. The van der Waals surface area contributed by atoms with Gasteiger partial charge in [0.05, 0.1) is 17.5 Å². The number of hydrogen-bond donors (Lipinski definition) is 0. The van der Waals surface area contributed by atoms with Crippen molar-refractivity contribution >= 4 is 44.0 Å². The van der Waals surface area contributed by atoms with Crippen LogP contribution in [0.4, 0.5) is 11.4 Å². The molecule has 0 bridgehead atoms. The Kier molecular flexibility index (Phi) is 6.39. The predicted molar refractivity (Wildman–Crippen MR) is 118 cm³/mol. The quantitative estimate of drug-likeness (QED) is 0.700. The second kappa shape index (κ2) is 8.45. The average molecular weight is 424 g/mol. The monoisotopic (exact) mass is 423 g/mol. The van der Waals surface area contributed by atoms with Gasteiger partial charge in [-0.1, -0.05) is 25.6 Å². The summed E-state index contributed by atoms with van der Waals surface area (Å²) in [5, 5.41) is 0.559. The largest absolute Gasteiger partial charge is 0.372 e. The number of carbonyl (C=O) groups excluding carboxylic acids is 1. The maximum atomic E-state index is 12.3. The number of fused-ring (bicyclic) bond motifs is 1. The minimum absolute atomic E-state index is 0.0712. The van der Waals surface area contributed by atoms with Crippen LogP contribution in [0.15, 0.2) is 29.3 Å². The molecule has 1 aromatic carbocycles. The molecule has 8 heteroatoms. The molecule has 2 aliphatic heterocycles. The fraction of sp³-hybridized carbons (Fsp3) is 0.600. The Bertz CT molecular complexity index is 846. The van der Waals surface area contributed by atoms with Gasteiger partial charge in [-0.05, 0) is 44.0 Å². The summed E-state index contributed by atoms with van der Waals surface area (Å²) in [6.45, 7) is 10.1. The van der Waals surface area contributed by atoms with Crippen LogP contribution < -0.4 is 9.80 Å². The van der Waals surface area contributed by atoms with Gasteiger partial charge >= 0.3 is 0 Å². The molecule has 154 valence electrons. The van der Waals surface area contributed by atoms with Crippen molar-refractivity contribution in [1.29, 1.82) is 0 Å². The molecule has 0 N–H and O–H groups in total. The number of hydrogen-bond acceptors (Lipinski definition) is 5. The zero-order chi connectivity index (χ0) is 20.5. The zero-order valence-corrected chi connectivity index (χ0v) is 18.6. The number of carbonyl (C=O) groups is 1. The summed E-state index contributed by atoms with van der Waals surface area (Å²) in [4.78, 5) is 20.9. The SMILES string of the molecule is CCN(CC)c1ccc(N2C(=NC(=O)CC(C)C)SC3CS(=O)(=O)CC32)cc1. The van der Waals surface area contributed by atoms with E-state index in [9.17, 15) is 13.2 Å². The van der Waals surface area contributed by atoms with Crippen molar-refractivity contribution in [1.82, 2.24) is 0 Å². The van der Waals surface area contributed by atoms with E-state index in [2.05, 4.69) is 35.9 Å². The predicted octanol–water partition coefficient (Wildman–Crippen LogP) is 3.18. The summed E-state index contributed by atoms with van der Waals surface area (Å²) in [6, 6.07) is 7.95. The normalized spacial score (nSPS) is 24.8. The maximum absolute atomic E-state index is 12.3. The second-order valence-electron chi connectivity index (χ2n) is 7.75. The fourth-order valence-electron chi connectivity index (χ4n) is 3.78. The van der Waals surface area contributed by atoms with Crippen LogP contribution in [0.2, 0.25) is 0 Å². The zero-order valence-electron chi connectivity index (χ0n) is 17.0. The summed E-state index contributed by atoms with van der Waals surface area (Å²) < 4.78 is 24.3. The van der Waals surface area contributed by atoms with Gasteiger partial charge < -0.3 is 9.80 Å². The van der Waals surface area contributed by atoms with Crippen molar-refractivity contribution in [3.63, 3.8) is 0 Å². The first-order chi connectivity index (χ1) is 13.2. The molecule has 0 spiro atoms. The molecule has 2 saturated heterocycles. The van der Waals surface area contributed by atoms with Crippen molar-refractivity contribution < 1.29 is 13.2 Å². The molecule has 6 nitrogen and oxygen atoms in total. The van der Waals surface area contributed by atoms with E-state index in [-0.39, 0.29) is 34.6 Å². The first-order valence-corrected chi connectivity index (χ1v) is 12.6. The third-order valence-corrected chi connectivity index (χ3v) is 8.34. The van der Waals surface area contributed by atoms with Crippen LogP contribution >= 0.6 is 11.8 Å². The number of sulfone groups is 1. The summed E-state index contributed by atoms with van der Waals surface area (Å²) in [5.74, 6) is 0.350. The van der Waals surface area contributed by atoms with Crippen LogP contribution in [0.3, 0.4) is 0 Å². The highest BCUT2D eigenvalue weighted by Gasteiger charge is 2.49. The van der Waals surface area contributed by atoms with Gasteiger partial charge in [0.2, 0.25) is 5.91 Å². The molecular formula is C20H29N3O3S2. The van der Waals surface area contributed by atoms with Crippen molar-refractivity contribution in [3.05, 3.63) is 24.3 Å². The lowest BCUT2D eigenvalue weighted by Gasteiger charge is -2.26. The van der Waals surface area contributed by atoms with E-state index in [1.807, 2.05) is 30.9 Å². The Hall–Kier alpha value is -1.54. The number of thioether (sulfide) groups is 1. The van der Waals surface area contributed by atoms with E-state index in [1.165, 1.54) is 11.8 Å². The topological polar surface area (TPSA) is 70.0 Å². The highest BCUT2D eigenvalue weighted by atomic mass is 32.2. The molecule has 2 atom stereocenters. The summed E-state index contributed by atoms with van der Waals surface area (Å²) in [7, 11) is -3.06. The number of amidine groups is 1. The molecule has 0 radical (unpaired) electrons. The molecule has 3 rings (SSSR count). The van der Waals surface area contributed by atoms with Gasteiger partial charge in [0.15, 0.2) is 15.0 Å². The standard InChI is InChI=1S/C20H29N3O3S2/c1-5-22(6-2)15-7-9-16(10-8-15)23-17-12-28(25,26)13-18(17)27-20(23)21-19(24)11-14(3)4/h7-10,14,17-18H,5-6,11-13H2,1-4H3. The number of benzene rings is 1. The van der Waals surface area contributed by atoms with E-state index in [4.69, 9.17) is 0 Å². The van der Waals surface area contributed by atoms with E-state index in [0.717, 1.165) is 24.5 Å². The molecule has 28 heavy (non-hydrogen) atoms. The Morgan fingerprint density at radius 3 is 2.43 bits per heavy atom. The lowest BCUT2D eigenvalue weighted by atomic mass is 10.1. The molecule has 2 heterocycles. The Morgan fingerprint density at radius 2 is 1.86 bits per heavy atom. The van der Waals surface area contributed by atoms with E-state index in [1.54, 1.807) is 0 Å². The molecule has 1 aromatic rings. The van der Waals surface area contributed by atoms with E-state index < -0.39 is 9.84 Å². The highest BCUT2D eigenvalue weighted by molar-refractivity contribution is 8.16. The lowest BCUT2D eigenvalue weighted by Crippen LogP contribution is -2.37. The Balaban J connectivity index is 1.92. The van der Waals surface area contributed by atoms with Gasteiger partial charge in [0.1, 0.15) is 0 Å². The van der Waals surface area contributed by atoms with Crippen molar-refractivity contribution in [3.8, 4) is 0 Å². The molecule has 2 fully saturated rings. The molecule has 0 aromatic heterocycles. The Labute approximate surface area is 172 Å². The second-order valence-corrected chi connectivity index (χ2v) is 11.1. The third kappa shape index (κ3) is 4.54. The number of aliphatic imine (C=N–C) groups is 1. The van der Waals surface area contributed by atoms with Gasteiger partial charge in [-0.15, -0.1) is 0 Å². The number of anilines is 2. The minimum atomic E-state index is -3.06. The molecule has 0 saturated carbocycles. The fourth-order valence-corrected chi connectivity index (χ4v) is 7.71. The maximum Gasteiger partial charge on any atom is 0.248 e. The smallest absolute Gasteiger partial charge is 0.248 e. The number of rotatable bonds is 6. The molecule has 2 unspecified atom stereocenters. The van der Waals surface area contributed by atoms with Crippen LogP contribution in [0.1, 0.15) is 34.1 Å². The summed E-state index contributed by atoms with van der Waals surface area (Å²) >= 11 is 1.43. The molecule has 0 aliphatic carbocycles. The summed E-state index contributed by atoms with van der Waals surface area (Å²) in [5.41, 5.74) is 2.02.